The number of amides is 1. The van der Waals surface area contributed by atoms with Crippen molar-refractivity contribution in [3.8, 4) is 11.8 Å². The first-order valence-corrected chi connectivity index (χ1v) is 13.2. The van der Waals surface area contributed by atoms with E-state index in [4.69, 9.17) is 4.99 Å². The van der Waals surface area contributed by atoms with Crippen LogP contribution in [0.5, 0.6) is 0 Å². The molecule has 1 rings (SSSR count). The molecule has 1 aliphatic rings. The van der Waals surface area contributed by atoms with Gasteiger partial charge < -0.3 is 4.90 Å². The van der Waals surface area contributed by atoms with Gasteiger partial charge in [-0.15, -0.1) is 5.92 Å². The van der Waals surface area contributed by atoms with Gasteiger partial charge in [-0.05, 0) is 59.0 Å². The van der Waals surface area contributed by atoms with Gasteiger partial charge in [0.2, 0.25) is 11.9 Å². The van der Waals surface area contributed by atoms with Gasteiger partial charge in [0.1, 0.15) is 0 Å². The van der Waals surface area contributed by atoms with E-state index in [0.717, 1.165) is 70.8 Å². The average molecular weight is 481 g/mol. The monoisotopic (exact) mass is 480 g/mol. The summed E-state index contributed by atoms with van der Waals surface area (Å²) in [5.74, 6) is 6.70. The number of hydrogen-bond donors (Lipinski definition) is 0. The lowest BCUT2D eigenvalue weighted by molar-refractivity contribution is -0.132. The summed E-state index contributed by atoms with van der Waals surface area (Å²) < 4.78 is 0. The van der Waals surface area contributed by atoms with Gasteiger partial charge in [-0.2, -0.15) is 0 Å². The van der Waals surface area contributed by atoms with Crippen molar-refractivity contribution >= 4 is 11.9 Å². The van der Waals surface area contributed by atoms with Gasteiger partial charge in [0.15, 0.2) is 0 Å². The van der Waals surface area contributed by atoms with Crippen LogP contribution >= 0.6 is 0 Å². The number of allylic oxidation sites excluding steroid dienone is 6. The van der Waals surface area contributed by atoms with Crippen molar-refractivity contribution in [3.05, 3.63) is 48.1 Å². The van der Waals surface area contributed by atoms with Crippen LogP contribution in [0.4, 0.5) is 0 Å². The van der Waals surface area contributed by atoms with Crippen LogP contribution in [0, 0.1) is 17.8 Å². The molecule has 1 aliphatic heterocycles. The minimum absolute atomic E-state index is 0.0860. The molecule has 0 spiro atoms. The molecule has 35 heavy (non-hydrogen) atoms. The molecule has 194 valence electrons. The van der Waals surface area contributed by atoms with E-state index >= 15 is 0 Å². The zero-order chi connectivity index (χ0) is 25.9. The molecule has 1 atom stereocenters. The van der Waals surface area contributed by atoms with E-state index in [0.29, 0.717) is 6.54 Å². The van der Waals surface area contributed by atoms with E-state index in [-0.39, 0.29) is 11.8 Å². The number of nitrogens with zero attached hydrogens (tertiary/aromatic N) is 4. The Balaban J connectivity index is 2.98. The zero-order valence-electron chi connectivity index (χ0n) is 23.1. The van der Waals surface area contributed by atoms with Crippen LogP contribution in [-0.2, 0) is 4.79 Å². The predicted octanol–water partition coefficient (Wildman–Crippen LogP) is 5.68. The minimum atomic E-state index is -0.0860. The van der Waals surface area contributed by atoms with Gasteiger partial charge in [0.05, 0.1) is 0 Å². The Hall–Kier alpha value is -2.58. The van der Waals surface area contributed by atoms with Crippen molar-refractivity contribution in [2.24, 2.45) is 10.9 Å². The summed E-state index contributed by atoms with van der Waals surface area (Å²) in [5.41, 5.74) is 1.37. The molecule has 1 heterocycles. The zero-order valence-corrected chi connectivity index (χ0v) is 23.1. The summed E-state index contributed by atoms with van der Waals surface area (Å²) in [6.45, 7) is 15.2. The van der Waals surface area contributed by atoms with Crippen molar-refractivity contribution in [3.63, 3.8) is 0 Å². The topological polar surface area (TPSA) is 39.2 Å². The van der Waals surface area contributed by atoms with E-state index in [1.165, 1.54) is 5.57 Å². The van der Waals surface area contributed by atoms with Gasteiger partial charge >= 0.3 is 0 Å². The maximum absolute atomic E-state index is 13.7. The molecule has 0 aliphatic carbocycles. The molecule has 0 bridgehead atoms. The lowest BCUT2D eigenvalue weighted by Crippen LogP contribution is -2.51. The second-order valence-corrected chi connectivity index (χ2v) is 9.22. The first-order chi connectivity index (χ1) is 16.9. The van der Waals surface area contributed by atoms with Crippen LogP contribution in [0.15, 0.2) is 53.1 Å². The summed E-state index contributed by atoms with van der Waals surface area (Å²) in [4.78, 5) is 25.0. The van der Waals surface area contributed by atoms with E-state index < -0.39 is 0 Å². The molecule has 1 unspecified atom stereocenters. The van der Waals surface area contributed by atoms with Gasteiger partial charge in [0.25, 0.3) is 0 Å². The SMILES string of the molecule is CC#C/C=C\C/C=C\CCN1C(=O)C(C)CN(C/C=C(\C)CC=CC)CCCN(C)C1=NCCC. The second-order valence-electron chi connectivity index (χ2n) is 9.22. The lowest BCUT2D eigenvalue weighted by Gasteiger charge is -2.36. The van der Waals surface area contributed by atoms with Gasteiger partial charge in [-0.1, -0.05) is 61.8 Å². The van der Waals surface area contributed by atoms with Gasteiger partial charge in [-0.25, -0.2) is 0 Å². The third kappa shape index (κ3) is 12.6. The van der Waals surface area contributed by atoms with Crippen LogP contribution < -0.4 is 0 Å². The fourth-order valence-corrected chi connectivity index (χ4v) is 3.93. The van der Waals surface area contributed by atoms with Crippen molar-refractivity contribution in [1.29, 1.82) is 0 Å². The molecule has 0 aromatic rings. The van der Waals surface area contributed by atoms with Crippen LogP contribution in [0.2, 0.25) is 0 Å². The Labute approximate surface area is 215 Å². The third-order valence-corrected chi connectivity index (χ3v) is 5.92. The predicted molar refractivity (Wildman–Crippen MR) is 151 cm³/mol. The highest BCUT2D eigenvalue weighted by atomic mass is 16.2. The van der Waals surface area contributed by atoms with E-state index in [9.17, 15) is 4.79 Å². The fourth-order valence-electron chi connectivity index (χ4n) is 3.93. The van der Waals surface area contributed by atoms with Crippen LogP contribution in [0.25, 0.3) is 0 Å². The molecule has 0 aromatic carbocycles. The highest BCUT2D eigenvalue weighted by Gasteiger charge is 2.28. The van der Waals surface area contributed by atoms with Crippen LogP contribution in [-0.4, -0.2) is 72.9 Å². The normalized spacial score (nSPS) is 20.4. The maximum atomic E-state index is 13.7. The van der Waals surface area contributed by atoms with Crippen molar-refractivity contribution in [2.75, 3.05) is 46.3 Å². The first kappa shape index (κ1) is 30.5. The number of carbonyl (C=O) groups excluding carboxylic acids is 1. The molecule has 0 aromatic heterocycles. The van der Waals surface area contributed by atoms with Crippen LogP contribution in [0.1, 0.15) is 66.7 Å². The van der Waals surface area contributed by atoms with E-state index in [1.54, 1.807) is 0 Å². The summed E-state index contributed by atoms with van der Waals surface area (Å²) >= 11 is 0. The fraction of sp³-hybridized carbons (Fsp3) is 0.600. The van der Waals surface area contributed by atoms with Crippen molar-refractivity contribution in [1.82, 2.24) is 14.7 Å². The summed E-state index contributed by atoms with van der Waals surface area (Å²) in [7, 11) is 2.07. The molecule has 0 radical (unpaired) electrons. The van der Waals surface area contributed by atoms with Crippen molar-refractivity contribution in [2.45, 2.75) is 66.7 Å². The average Bonchev–Trinajstić information content (AvgIpc) is 2.85. The smallest absolute Gasteiger partial charge is 0.233 e. The largest absolute Gasteiger partial charge is 0.345 e. The lowest BCUT2D eigenvalue weighted by atomic mass is 10.1. The Morgan fingerprint density at radius 1 is 1.20 bits per heavy atom. The Morgan fingerprint density at radius 3 is 2.71 bits per heavy atom. The highest BCUT2D eigenvalue weighted by Crippen LogP contribution is 2.14. The van der Waals surface area contributed by atoms with Crippen molar-refractivity contribution < 1.29 is 4.79 Å². The maximum Gasteiger partial charge on any atom is 0.233 e. The summed E-state index contributed by atoms with van der Waals surface area (Å²) in [5, 5.41) is 0. The molecule has 5 heteroatoms. The molecule has 1 amide bonds. The second kappa shape index (κ2) is 18.7. The summed E-state index contributed by atoms with van der Waals surface area (Å²) in [6, 6.07) is 0. The Morgan fingerprint density at radius 2 is 2.00 bits per heavy atom. The Bertz CT molecular complexity index is 825. The molecule has 1 saturated heterocycles. The molecular formula is C30H48N4O. The quantitative estimate of drug-likeness (QED) is 0.282. The molecular weight excluding hydrogens is 432 g/mol. The van der Waals surface area contributed by atoms with E-state index in [1.807, 2.05) is 17.9 Å². The summed E-state index contributed by atoms with van der Waals surface area (Å²) in [6.07, 6.45) is 19.5. The minimum Gasteiger partial charge on any atom is -0.345 e. The molecule has 0 N–H and O–H groups in total. The van der Waals surface area contributed by atoms with Crippen LogP contribution in [0.3, 0.4) is 0 Å². The number of hydrogen-bond acceptors (Lipinski definition) is 3. The Kier molecular flexibility index (Phi) is 16.3. The highest BCUT2D eigenvalue weighted by molar-refractivity contribution is 5.98. The molecule has 5 nitrogen and oxygen atoms in total. The number of carbonyl (C=O) groups is 1. The number of aliphatic imine (C=N–C) groups is 1. The first-order valence-electron chi connectivity index (χ1n) is 13.2. The standard InChI is InChI=1S/C30H48N4O/c1-7-10-12-13-14-15-16-17-24-34-29(35)28(5)26-33(25-20-27(4)19-11-8-2)23-18-22-32(6)30(34)31-21-9-3/h8,11-13,15-16,20,28H,9,14,17-19,21-26H2,1-6H3/b11-8?,13-12-,16-15-,27-20+,31-30?. The van der Waals surface area contributed by atoms with Gasteiger partial charge in [-0.3, -0.25) is 19.6 Å². The van der Waals surface area contributed by atoms with Gasteiger partial charge in [0, 0.05) is 52.2 Å². The molecule has 1 fully saturated rings. The molecule has 0 saturated carbocycles. The van der Waals surface area contributed by atoms with E-state index in [2.05, 4.69) is 92.8 Å². The third-order valence-electron chi connectivity index (χ3n) is 5.92. The number of rotatable bonds is 11. The number of guanidine groups is 1.